The second-order valence-corrected chi connectivity index (χ2v) is 10.1. The van der Waals surface area contributed by atoms with E-state index in [0.717, 1.165) is 12.8 Å². The molecule has 0 rings (SSSR count). The van der Waals surface area contributed by atoms with Gasteiger partial charge < -0.3 is 10.2 Å². The molecule has 2 N–H and O–H groups in total. The quantitative estimate of drug-likeness (QED) is 0.121. The molecule has 0 radical (unpaired) electrons. The van der Waals surface area contributed by atoms with Gasteiger partial charge in [0, 0.05) is 0 Å². The molecule has 0 aromatic carbocycles. The first kappa shape index (κ1) is 31.4. The monoisotopic (exact) mass is 454 g/mol. The van der Waals surface area contributed by atoms with Crippen LogP contribution in [0.25, 0.3) is 0 Å². The summed E-state index contributed by atoms with van der Waals surface area (Å²) in [4.78, 5) is 10.5. The Morgan fingerprint density at radius 2 is 0.688 bits per heavy atom. The van der Waals surface area contributed by atoms with Gasteiger partial charge in [-0.1, -0.05) is 167 Å². The third kappa shape index (κ3) is 25.7. The van der Waals surface area contributed by atoms with Crippen LogP contribution in [-0.4, -0.2) is 22.3 Å². The van der Waals surface area contributed by atoms with Crippen molar-refractivity contribution in [1.82, 2.24) is 0 Å². The number of aliphatic hydroxyl groups is 1. The van der Waals surface area contributed by atoms with E-state index >= 15 is 0 Å². The molecule has 3 heteroatoms. The first-order valence-electron chi connectivity index (χ1n) is 14.6. The molecule has 0 bridgehead atoms. The first-order valence-corrected chi connectivity index (χ1v) is 14.6. The summed E-state index contributed by atoms with van der Waals surface area (Å²) >= 11 is 0. The van der Waals surface area contributed by atoms with E-state index in [1.165, 1.54) is 148 Å². The maximum Gasteiger partial charge on any atom is 0.332 e. The summed E-state index contributed by atoms with van der Waals surface area (Å²) in [5.41, 5.74) is 0. The minimum Gasteiger partial charge on any atom is -0.479 e. The molecule has 0 saturated carbocycles. The molecule has 0 aromatic heterocycles. The summed E-state index contributed by atoms with van der Waals surface area (Å²) in [6.07, 6.45) is 33.5. The molecule has 0 aromatic rings. The molecule has 0 aliphatic rings. The van der Waals surface area contributed by atoms with E-state index in [4.69, 9.17) is 5.11 Å². The fourth-order valence-corrected chi connectivity index (χ4v) is 4.60. The summed E-state index contributed by atoms with van der Waals surface area (Å²) < 4.78 is 0. The fraction of sp³-hybridized carbons (Fsp3) is 0.966. The van der Waals surface area contributed by atoms with Gasteiger partial charge in [-0.3, -0.25) is 0 Å². The van der Waals surface area contributed by atoms with Gasteiger partial charge in [0.25, 0.3) is 0 Å². The number of hydrogen-bond donors (Lipinski definition) is 2. The summed E-state index contributed by atoms with van der Waals surface area (Å²) in [7, 11) is 0. The Bertz CT molecular complexity index is 369. The molecular weight excluding hydrogens is 396 g/mol. The summed E-state index contributed by atoms with van der Waals surface area (Å²) in [6.45, 7) is 2.29. The minimum absolute atomic E-state index is 0.397. The van der Waals surface area contributed by atoms with Crippen LogP contribution >= 0.6 is 0 Å². The van der Waals surface area contributed by atoms with Crippen molar-refractivity contribution < 1.29 is 15.0 Å². The number of carboxylic acid groups (broad SMARTS) is 1. The van der Waals surface area contributed by atoms with Gasteiger partial charge in [-0.15, -0.1) is 0 Å². The fourth-order valence-electron chi connectivity index (χ4n) is 4.60. The van der Waals surface area contributed by atoms with Gasteiger partial charge >= 0.3 is 5.97 Å². The number of carbonyl (C=O) groups is 1. The standard InChI is InChI=1S/C29H58O3/c1-2-3-4-5-6-7-8-9-10-11-12-13-14-15-16-17-18-19-20-21-22-23-24-25-26-27-28(30)29(31)32/h28,30H,2-27H2,1H3,(H,31,32). The maximum absolute atomic E-state index is 10.5. The van der Waals surface area contributed by atoms with Crippen LogP contribution in [0.5, 0.6) is 0 Å². The van der Waals surface area contributed by atoms with E-state index in [9.17, 15) is 9.90 Å². The lowest BCUT2D eigenvalue weighted by atomic mass is 10.0. The van der Waals surface area contributed by atoms with E-state index in [-0.39, 0.29) is 0 Å². The highest BCUT2D eigenvalue weighted by molar-refractivity contribution is 5.71. The van der Waals surface area contributed by atoms with Crippen LogP contribution in [0.15, 0.2) is 0 Å². The van der Waals surface area contributed by atoms with Crippen molar-refractivity contribution in [3.63, 3.8) is 0 Å². The number of hydrogen-bond acceptors (Lipinski definition) is 2. The first-order chi connectivity index (χ1) is 15.7. The van der Waals surface area contributed by atoms with E-state index in [2.05, 4.69) is 6.92 Å². The SMILES string of the molecule is CCCCCCCCCCCCCCCCCCCCCCCCCCCC(O)C(=O)O. The predicted octanol–water partition coefficient (Wildman–Crippen LogP) is 9.59. The maximum atomic E-state index is 10.5. The van der Waals surface area contributed by atoms with Gasteiger partial charge in [0.15, 0.2) is 6.10 Å². The number of unbranched alkanes of at least 4 members (excludes halogenated alkanes) is 24. The zero-order chi connectivity index (χ0) is 23.5. The molecule has 3 nitrogen and oxygen atoms in total. The number of aliphatic hydroxyl groups excluding tert-OH is 1. The van der Waals surface area contributed by atoms with Crippen molar-refractivity contribution in [3.05, 3.63) is 0 Å². The molecule has 1 atom stereocenters. The van der Waals surface area contributed by atoms with Crippen molar-refractivity contribution in [2.45, 2.75) is 180 Å². The molecule has 192 valence electrons. The molecule has 0 fully saturated rings. The van der Waals surface area contributed by atoms with E-state index < -0.39 is 12.1 Å². The van der Waals surface area contributed by atoms with Gasteiger partial charge in [-0.05, 0) is 6.42 Å². The van der Waals surface area contributed by atoms with E-state index in [0.29, 0.717) is 6.42 Å². The van der Waals surface area contributed by atoms with Crippen LogP contribution in [0.3, 0.4) is 0 Å². The highest BCUT2D eigenvalue weighted by Gasteiger charge is 2.11. The van der Waals surface area contributed by atoms with Gasteiger partial charge in [0.1, 0.15) is 0 Å². The lowest BCUT2D eigenvalue weighted by molar-refractivity contribution is -0.146. The smallest absolute Gasteiger partial charge is 0.332 e. The predicted molar refractivity (Wildman–Crippen MR) is 139 cm³/mol. The van der Waals surface area contributed by atoms with Crippen molar-refractivity contribution in [3.8, 4) is 0 Å². The molecule has 32 heavy (non-hydrogen) atoms. The van der Waals surface area contributed by atoms with Crippen LogP contribution in [0.4, 0.5) is 0 Å². The van der Waals surface area contributed by atoms with Crippen LogP contribution in [0.1, 0.15) is 174 Å². The molecule has 0 amide bonds. The zero-order valence-electron chi connectivity index (χ0n) is 21.8. The number of carboxylic acids is 1. The highest BCUT2D eigenvalue weighted by atomic mass is 16.4. The molecular formula is C29H58O3. The Morgan fingerprint density at radius 1 is 0.469 bits per heavy atom. The zero-order valence-corrected chi connectivity index (χ0v) is 21.8. The second kappa shape index (κ2) is 26.7. The second-order valence-electron chi connectivity index (χ2n) is 10.1. The molecule has 0 aliphatic heterocycles. The Kier molecular flexibility index (Phi) is 26.2. The van der Waals surface area contributed by atoms with Crippen LogP contribution < -0.4 is 0 Å². The lowest BCUT2D eigenvalue weighted by Gasteiger charge is -2.05. The molecule has 0 spiro atoms. The largest absolute Gasteiger partial charge is 0.479 e. The molecule has 0 saturated heterocycles. The normalized spacial score (nSPS) is 12.3. The number of aliphatic carboxylic acids is 1. The number of rotatable bonds is 27. The average Bonchev–Trinajstić information content (AvgIpc) is 2.78. The molecule has 0 aliphatic carbocycles. The third-order valence-electron chi connectivity index (χ3n) is 6.87. The average molecular weight is 455 g/mol. The van der Waals surface area contributed by atoms with Gasteiger partial charge in [-0.25, -0.2) is 4.79 Å². The van der Waals surface area contributed by atoms with Gasteiger partial charge in [0.2, 0.25) is 0 Å². The summed E-state index contributed by atoms with van der Waals surface area (Å²) in [6, 6.07) is 0. The van der Waals surface area contributed by atoms with E-state index in [1.54, 1.807) is 0 Å². The van der Waals surface area contributed by atoms with E-state index in [1.807, 2.05) is 0 Å². The molecule has 0 heterocycles. The lowest BCUT2D eigenvalue weighted by Crippen LogP contribution is -2.18. The van der Waals surface area contributed by atoms with Crippen LogP contribution in [-0.2, 0) is 4.79 Å². The van der Waals surface area contributed by atoms with Crippen molar-refractivity contribution in [2.75, 3.05) is 0 Å². The van der Waals surface area contributed by atoms with Gasteiger partial charge in [-0.2, -0.15) is 0 Å². The highest BCUT2D eigenvalue weighted by Crippen LogP contribution is 2.16. The summed E-state index contributed by atoms with van der Waals surface area (Å²) in [5.74, 6) is -1.09. The molecule has 1 unspecified atom stereocenters. The Morgan fingerprint density at radius 3 is 0.906 bits per heavy atom. The van der Waals surface area contributed by atoms with Crippen molar-refractivity contribution >= 4 is 5.97 Å². The van der Waals surface area contributed by atoms with Crippen molar-refractivity contribution in [2.24, 2.45) is 0 Å². The van der Waals surface area contributed by atoms with Crippen molar-refractivity contribution in [1.29, 1.82) is 0 Å². The van der Waals surface area contributed by atoms with Crippen LogP contribution in [0.2, 0.25) is 0 Å². The van der Waals surface area contributed by atoms with Gasteiger partial charge in [0.05, 0.1) is 0 Å². The topological polar surface area (TPSA) is 57.5 Å². The Hall–Kier alpha value is -0.570. The van der Waals surface area contributed by atoms with Crippen LogP contribution in [0, 0.1) is 0 Å². The minimum atomic E-state index is -1.17. The Labute approximate surface area is 201 Å². The third-order valence-corrected chi connectivity index (χ3v) is 6.87. The Balaban J connectivity index is 3.04. The summed E-state index contributed by atoms with van der Waals surface area (Å²) in [5, 5.41) is 17.8.